The number of nitrogens with zero attached hydrogens (tertiary/aromatic N) is 4. The number of rotatable bonds is 6. The lowest BCUT2D eigenvalue weighted by atomic mass is 9.92. The number of aromatic carboxylic acids is 1. The number of anilines is 1. The van der Waals surface area contributed by atoms with Gasteiger partial charge in [-0.25, -0.2) is 9.59 Å². The summed E-state index contributed by atoms with van der Waals surface area (Å²) in [5.41, 5.74) is -2.41. The molecule has 1 aliphatic carbocycles. The molecule has 5 N–H and O–H groups in total. The predicted molar refractivity (Wildman–Crippen MR) is 143 cm³/mol. The van der Waals surface area contributed by atoms with Crippen molar-refractivity contribution in [1.29, 1.82) is 5.26 Å². The quantitative estimate of drug-likeness (QED) is 0.295. The number of aromatic nitrogens is 1. The zero-order chi connectivity index (χ0) is 30.0. The highest BCUT2D eigenvalue weighted by atomic mass is 31.2. The van der Waals surface area contributed by atoms with Gasteiger partial charge in [0.05, 0.1) is 17.2 Å². The van der Waals surface area contributed by atoms with Gasteiger partial charge < -0.3 is 43.8 Å². The topological polar surface area (TPSA) is 231 Å². The van der Waals surface area contributed by atoms with E-state index in [4.69, 9.17) is 4.74 Å². The number of pyridine rings is 1. The molecule has 3 heterocycles. The van der Waals surface area contributed by atoms with Crippen molar-refractivity contribution in [1.82, 2.24) is 9.47 Å². The Morgan fingerprint density at radius 2 is 1.78 bits per heavy atom. The van der Waals surface area contributed by atoms with Gasteiger partial charge in [-0.1, -0.05) is 0 Å². The number of carbonyl (C=O) groups is 2. The maximum absolute atomic E-state index is 13.1. The number of ether oxygens (including phenoxy) is 1. The van der Waals surface area contributed by atoms with Crippen LogP contribution >= 0.6 is 15.2 Å². The summed E-state index contributed by atoms with van der Waals surface area (Å²) in [6, 6.07) is 3.17. The molecular weight excluding hydrogens is 582 g/mol. The zero-order valence-corrected chi connectivity index (χ0v) is 23.6. The van der Waals surface area contributed by atoms with Crippen LogP contribution in [0.4, 0.5) is 10.5 Å². The van der Waals surface area contributed by atoms with Crippen LogP contribution in [0.15, 0.2) is 17.1 Å². The fourth-order valence-electron chi connectivity index (χ4n) is 6.03. The molecular formula is C24H28N4O11P2. The normalized spacial score (nSPS) is 21.2. The molecule has 3 fully saturated rings. The van der Waals surface area contributed by atoms with E-state index in [0.717, 1.165) is 12.8 Å². The van der Waals surface area contributed by atoms with Gasteiger partial charge in [0.25, 0.3) is 0 Å². The largest absolute Gasteiger partial charge is 0.477 e. The molecule has 1 aromatic heterocycles. The van der Waals surface area contributed by atoms with Crippen molar-refractivity contribution in [2.24, 2.45) is 5.92 Å². The summed E-state index contributed by atoms with van der Waals surface area (Å²) in [6.07, 6.45) is 2.72. The lowest BCUT2D eigenvalue weighted by molar-refractivity contribution is 0.0608. The van der Waals surface area contributed by atoms with E-state index in [2.05, 4.69) is 6.07 Å². The van der Waals surface area contributed by atoms with Crippen molar-refractivity contribution >= 4 is 43.8 Å². The van der Waals surface area contributed by atoms with Crippen LogP contribution in [0.1, 0.15) is 53.2 Å². The third-order valence-electron chi connectivity index (χ3n) is 7.87. The summed E-state index contributed by atoms with van der Waals surface area (Å²) >= 11 is 0. The molecule has 0 radical (unpaired) electrons. The second-order valence-corrected chi connectivity index (χ2v) is 14.4. The number of likely N-dealkylation sites (tertiary alicyclic amines) is 1. The number of amides is 1. The SMILES string of the molecule is Cc1cc2c(=O)c(C(=O)O)cn(C3CC3)c2c(C#N)c1N1C[C@@H]2CCCN(C(=O)OC(P(=O)(O)O)P(=O)(O)O)[C@@H]2C1. The number of aryl methyl sites for hydroxylation is 1. The number of hydrogen-bond acceptors (Lipinski definition) is 8. The highest BCUT2D eigenvalue weighted by Crippen LogP contribution is 2.60. The van der Waals surface area contributed by atoms with Gasteiger partial charge in [-0.3, -0.25) is 13.9 Å². The number of carbonyl (C=O) groups excluding carboxylic acids is 1. The average molecular weight is 610 g/mol. The van der Waals surface area contributed by atoms with Crippen LogP contribution in [0.2, 0.25) is 0 Å². The predicted octanol–water partition coefficient (Wildman–Crippen LogP) is 1.89. The number of fused-ring (bicyclic) bond motifs is 2. The van der Waals surface area contributed by atoms with Gasteiger partial charge in [0.15, 0.2) is 0 Å². The molecule has 1 amide bonds. The number of benzene rings is 1. The molecule has 41 heavy (non-hydrogen) atoms. The number of piperidine rings is 1. The fraction of sp³-hybridized carbons (Fsp3) is 0.500. The maximum Gasteiger partial charge on any atom is 0.411 e. The molecule has 17 heteroatoms. The first kappa shape index (κ1) is 29.3. The summed E-state index contributed by atoms with van der Waals surface area (Å²) in [7, 11) is -11.0. The van der Waals surface area contributed by atoms with Crippen LogP contribution in [0.3, 0.4) is 0 Å². The molecule has 2 aliphatic heterocycles. The van der Waals surface area contributed by atoms with Crippen LogP contribution in [0.25, 0.3) is 10.9 Å². The molecule has 0 unspecified atom stereocenters. The minimum atomic E-state index is -5.50. The van der Waals surface area contributed by atoms with Crippen LogP contribution in [0.5, 0.6) is 0 Å². The van der Waals surface area contributed by atoms with Gasteiger partial charge in [0.1, 0.15) is 17.2 Å². The highest BCUT2D eigenvalue weighted by Gasteiger charge is 2.50. The molecule has 0 spiro atoms. The Morgan fingerprint density at radius 1 is 1.12 bits per heavy atom. The Balaban J connectivity index is 1.53. The van der Waals surface area contributed by atoms with E-state index in [1.165, 1.54) is 11.1 Å². The van der Waals surface area contributed by atoms with Crippen LogP contribution < -0.4 is 10.3 Å². The minimum absolute atomic E-state index is 0.0544. The highest BCUT2D eigenvalue weighted by molar-refractivity contribution is 7.70. The lowest BCUT2D eigenvalue weighted by Crippen LogP contribution is -2.49. The zero-order valence-electron chi connectivity index (χ0n) is 21.8. The van der Waals surface area contributed by atoms with E-state index in [1.807, 2.05) is 4.90 Å². The smallest absolute Gasteiger partial charge is 0.411 e. The maximum atomic E-state index is 13.1. The Bertz CT molecular complexity index is 1630. The third-order valence-corrected chi connectivity index (χ3v) is 11.0. The molecule has 220 valence electrons. The average Bonchev–Trinajstić information content (AvgIpc) is 3.62. The van der Waals surface area contributed by atoms with Gasteiger partial charge in [-0.05, 0) is 50.2 Å². The summed E-state index contributed by atoms with van der Waals surface area (Å²) < 4.78 is 29.7. The van der Waals surface area contributed by atoms with Gasteiger partial charge in [-0.15, -0.1) is 0 Å². The Morgan fingerprint density at radius 3 is 2.34 bits per heavy atom. The van der Waals surface area contributed by atoms with E-state index < -0.39 is 44.3 Å². The van der Waals surface area contributed by atoms with E-state index in [0.29, 0.717) is 36.2 Å². The molecule has 0 bridgehead atoms. The van der Waals surface area contributed by atoms with Crippen molar-refractivity contribution in [3.05, 3.63) is 39.2 Å². The van der Waals surface area contributed by atoms with E-state index in [9.17, 15) is 53.5 Å². The fourth-order valence-corrected chi connectivity index (χ4v) is 8.06. The lowest BCUT2D eigenvalue weighted by Gasteiger charge is -2.36. The number of carboxylic acid groups (broad SMARTS) is 1. The van der Waals surface area contributed by atoms with Crippen LogP contribution in [-0.4, -0.2) is 77.5 Å². The molecule has 1 aromatic carbocycles. The summed E-state index contributed by atoms with van der Waals surface area (Å²) in [5.74, 6) is -1.51. The summed E-state index contributed by atoms with van der Waals surface area (Å²) in [5, 5.41) is 20.0. The molecule has 3 aliphatic rings. The third kappa shape index (κ3) is 5.28. The number of carboxylic acids is 1. The Kier molecular flexibility index (Phi) is 7.31. The Labute approximate surface area is 232 Å². The molecule has 5 rings (SSSR count). The van der Waals surface area contributed by atoms with Crippen molar-refractivity contribution in [3.8, 4) is 6.07 Å². The van der Waals surface area contributed by atoms with E-state index in [1.54, 1.807) is 17.6 Å². The second kappa shape index (κ2) is 10.2. The standard InChI is InChI=1S/C24H28N4O11P2/c1-12-7-15-20(28(14-4-5-14)10-17(21(15)29)22(30)31)16(8-25)19(12)26-9-13-3-2-6-27(18(13)11-26)23(32)39-24(40(33,34)35)41(36,37)38/h7,10,13-14,18,24H,2-6,9,11H2,1H3,(H,30,31)(H2,33,34,35)(H2,36,37,38)/t13-,18+/m0/s1. The molecule has 1 saturated carbocycles. The van der Waals surface area contributed by atoms with Crippen molar-refractivity contribution in [2.45, 2.75) is 50.3 Å². The second-order valence-electron chi connectivity index (χ2n) is 10.7. The summed E-state index contributed by atoms with van der Waals surface area (Å²) in [4.78, 5) is 78.4. The first-order chi connectivity index (χ1) is 19.1. The van der Waals surface area contributed by atoms with E-state index >= 15 is 0 Å². The first-order valence-corrected chi connectivity index (χ1v) is 16.2. The Hall–Kier alpha value is -3.24. The molecule has 2 saturated heterocycles. The monoisotopic (exact) mass is 610 g/mol. The van der Waals surface area contributed by atoms with Crippen LogP contribution in [-0.2, 0) is 13.9 Å². The van der Waals surface area contributed by atoms with Crippen molar-refractivity contribution in [3.63, 3.8) is 0 Å². The molecule has 2 aromatic rings. The molecule has 15 nitrogen and oxygen atoms in total. The van der Waals surface area contributed by atoms with Gasteiger partial charge in [0.2, 0.25) is 5.43 Å². The number of hydrogen-bond donors (Lipinski definition) is 5. The van der Waals surface area contributed by atoms with Gasteiger partial charge in [-0.2, -0.15) is 5.26 Å². The number of nitriles is 1. The molecule has 2 atom stereocenters. The van der Waals surface area contributed by atoms with E-state index in [-0.39, 0.29) is 41.6 Å². The first-order valence-electron chi connectivity index (χ1n) is 12.8. The minimum Gasteiger partial charge on any atom is -0.477 e. The van der Waals surface area contributed by atoms with Crippen LogP contribution in [0, 0.1) is 24.2 Å². The summed E-state index contributed by atoms with van der Waals surface area (Å²) in [6.45, 7) is 2.39. The van der Waals surface area contributed by atoms with Gasteiger partial charge in [0, 0.05) is 37.3 Å². The van der Waals surface area contributed by atoms with Crippen molar-refractivity contribution in [2.75, 3.05) is 24.5 Å². The van der Waals surface area contributed by atoms with Crippen molar-refractivity contribution < 1.29 is 48.1 Å². The van der Waals surface area contributed by atoms with Gasteiger partial charge >= 0.3 is 32.8 Å².